The Hall–Kier alpha value is -0.830. The summed E-state index contributed by atoms with van der Waals surface area (Å²) in [7, 11) is 0. The Morgan fingerprint density at radius 1 is 1.73 bits per heavy atom. The van der Waals surface area contributed by atoms with Crippen LogP contribution in [0.1, 0.15) is 6.92 Å². The third-order valence-corrected chi connectivity index (χ3v) is 1.94. The number of hydrogen-bond acceptors (Lipinski definition) is 3. The predicted octanol–water partition coefficient (Wildman–Crippen LogP) is 3.09. The van der Waals surface area contributed by atoms with Crippen molar-refractivity contribution in [3.63, 3.8) is 0 Å². The molecule has 0 heterocycles. The molecule has 0 fully saturated rings. The van der Waals surface area contributed by atoms with E-state index in [0.717, 1.165) is 10.5 Å². The van der Waals surface area contributed by atoms with Gasteiger partial charge in [-0.05, 0) is 17.9 Å². The Bertz CT molecular complexity index is 196. The van der Waals surface area contributed by atoms with Gasteiger partial charge in [0, 0.05) is 4.91 Å². The lowest BCUT2D eigenvalue weighted by Crippen LogP contribution is -1.78. The van der Waals surface area contributed by atoms with E-state index in [1.54, 1.807) is 6.08 Å². The van der Waals surface area contributed by atoms with Crippen LogP contribution in [0.2, 0.25) is 0 Å². The van der Waals surface area contributed by atoms with Crippen molar-refractivity contribution in [1.82, 2.24) is 0 Å². The highest BCUT2D eigenvalue weighted by Crippen LogP contribution is 2.17. The van der Waals surface area contributed by atoms with Crippen molar-refractivity contribution >= 4 is 11.8 Å². The largest absolute Gasteiger partial charge is 0.150 e. The van der Waals surface area contributed by atoms with Crippen LogP contribution in [-0.2, 0) is 0 Å². The molecular weight excluding hydrogens is 158 g/mol. The summed E-state index contributed by atoms with van der Waals surface area (Å²) in [6.45, 7) is 9.35. The molecule has 0 aliphatic heterocycles. The average Bonchev–Trinajstić information content (AvgIpc) is 2.01. The highest BCUT2D eigenvalue weighted by molar-refractivity contribution is 8.06. The first-order valence-electron chi connectivity index (χ1n) is 3.13. The molecule has 0 N–H and O–H groups in total. The fourth-order valence-electron chi connectivity index (χ4n) is 0.363. The third kappa shape index (κ3) is 5.61. The summed E-state index contributed by atoms with van der Waals surface area (Å²) in [4.78, 5) is 10.7. The van der Waals surface area contributed by atoms with Gasteiger partial charge < -0.3 is 0 Å². The maximum atomic E-state index is 9.79. The van der Waals surface area contributed by atoms with Crippen LogP contribution in [0.25, 0.3) is 0 Å². The first-order chi connectivity index (χ1) is 5.20. The van der Waals surface area contributed by atoms with Crippen molar-refractivity contribution < 1.29 is 0 Å². The summed E-state index contributed by atoms with van der Waals surface area (Å²) >= 11 is 1.45. The number of hydrogen-bond donors (Lipinski definition) is 0. The quantitative estimate of drug-likeness (QED) is 0.467. The van der Waals surface area contributed by atoms with Crippen LogP contribution in [0, 0.1) is 4.91 Å². The summed E-state index contributed by atoms with van der Waals surface area (Å²) in [5.74, 6) is 0. The SMILES string of the molecule is C=CC(=C)S/C=C(\C)CN=O. The molecule has 0 aliphatic carbocycles. The molecule has 0 aromatic heterocycles. The number of thioether (sulfide) groups is 1. The van der Waals surface area contributed by atoms with Gasteiger partial charge in [-0.25, -0.2) is 0 Å². The van der Waals surface area contributed by atoms with E-state index in [0.29, 0.717) is 0 Å². The average molecular weight is 169 g/mol. The van der Waals surface area contributed by atoms with Gasteiger partial charge in [-0.3, -0.25) is 0 Å². The van der Waals surface area contributed by atoms with Crippen molar-refractivity contribution in [3.05, 3.63) is 40.0 Å². The number of allylic oxidation sites excluding steroid dienone is 1. The summed E-state index contributed by atoms with van der Waals surface area (Å²) in [6.07, 6.45) is 1.67. The minimum absolute atomic E-state index is 0.247. The van der Waals surface area contributed by atoms with Gasteiger partial charge in [-0.15, -0.1) is 0 Å². The summed E-state index contributed by atoms with van der Waals surface area (Å²) in [5.41, 5.74) is 0.938. The molecule has 0 aromatic carbocycles. The van der Waals surface area contributed by atoms with E-state index >= 15 is 0 Å². The monoisotopic (exact) mass is 169 g/mol. The fourth-order valence-corrected chi connectivity index (χ4v) is 0.887. The van der Waals surface area contributed by atoms with Crippen molar-refractivity contribution in [3.8, 4) is 0 Å². The molecule has 60 valence electrons. The van der Waals surface area contributed by atoms with Gasteiger partial charge in [-0.1, -0.05) is 36.2 Å². The second-order valence-electron chi connectivity index (χ2n) is 2.04. The topological polar surface area (TPSA) is 29.4 Å². The molecule has 0 aromatic rings. The van der Waals surface area contributed by atoms with Gasteiger partial charge in [-0.2, -0.15) is 4.91 Å². The Morgan fingerprint density at radius 3 is 2.82 bits per heavy atom. The molecule has 11 heavy (non-hydrogen) atoms. The van der Waals surface area contributed by atoms with Crippen LogP contribution in [0.3, 0.4) is 0 Å². The van der Waals surface area contributed by atoms with Crippen LogP contribution in [-0.4, -0.2) is 6.54 Å². The van der Waals surface area contributed by atoms with Crippen LogP contribution >= 0.6 is 11.8 Å². The number of nitrogens with zero attached hydrogens (tertiary/aromatic N) is 1. The lowest BCUT2D eigenvalue weighted by atomic mass is 10.4. The lowest BCUT2D eigenvalue weighted by molar-refractivity contribution is 1.13. The number of nitroso groups, excluding NO2 is 1. The Kier molecular flexibility index (Phi) is 5.47. The van der Waals surface area contributed by atoms with Gasteiger partial charge >= 0.3 is 0 Å². The second kappa shape index (κ2) is 5.92. The van der Waals surface area contributed by atoms with Crippen molar-refractivity contribution in [1.29, 1.82) is 0 Å². The molecule has 0 atom stereocenters. The first-order valence-corrected chi connectivity index (χ1v) is 4.01. The zero-order valence-corrected chi connectivity index (χ0v) is 7.36. The smallest absolute Gasteiger partial charge is 0.103 e. The van der Waals surface area contributed by atoms with Crippen molar-refractivity contribution in [2.24, 2.45) is 5.18 Å². The molecule has 2 nitrogen and oxygen atoms in total. The second-order valence-corrected chi connectivity index (χ2v) is 3.04. The van der Waals surface area contributed by atoms with Gasteiger partial charge in [0.2, 0.25) is 0 Å². The van der Waals surface area contributed by atoms with Crippen molar-refractivity contribution in [2.75, 3.05) is 6.54 Å². The standard InChI is InChI=1S/C8H11NOS/c1-4-8(3)11-6-7(2)5-9-10/h4,6H,1,3,5H2,2H3/b7-6+. The van der Waals surface area contributed by atoms with E-state index in [4.69, 9.17) is 0 Å². The minimum Gasteiger partial charge on any atom is -0.150 e. The summed E-state index contributed by atoms with van der Waals surface area (Å²) < 4.78 is 0. The van der Waals surface area contributed by atoms with E-state index in [1.807, 2.05) is 12.3 Å². The van der Waals surface area contributed by atoms with Gasteiger partial charge in [0.1, 0.15) is 6.54 Å². The zero-order valence-electron chi connectivity index (χ0n) is 6.54. The molecule has 0 aliphatic rings. The normalized spacial score (nSPS) is 10.8. The van der Waals surface area contributed by atoms with E-state index < -0.39 is 0 Å². The van der Waals surface area contributed by atoms with Crippen LogP contribution in [0.5, 0.6) is 0 Å². The van der Waals surface area contributed by atoms with Crippen molar-refractivity contribution in [2.45, 2.75) is 6.92 Å². The predicted molar refractivity (Wildman–Crippen MR) is 51.3 cm³/mol. The van der Waals surface area contributed by atoms with Gasteiger partial charge in [0.05, 0.1) is 0 Å². The molecular formula is C8H11NOS. The lowest BCUT2D eigenvalue weighted by Gasteiger charge is -1.93. The minimum atomic E-state index is 0.247. The zero-order chi connectivity index (χ0) is 8.69. The van der Waals surface area contributed by atoms with E-state index in [-0.39, 0.29) is 6.54 Å². The molecule has 0 radical (unpaired) electrons. The Labute approximate surface area is 71.0 Å². The van der Waals surface area contributed by atoms with E-state index in [2.05, 4.69) is 18.3 Å². The summed E-state index contributed by atoms with van der Waals surface area (Å²) in [6, 6.07) is 0. The molecule has 0 rings (SSSR count). The van der Waals surface area contributed by atoms with E-state index in [9.17, 15) is 4.91 Å². The molecule has 0 bridgehead atoms. The molecule has 0 saturated heterocycles. The molecule has 3 heteroatoms. The third-order valence-electron chi connectivity index (χ3n) is 0.953. The Morgan fingerprint density at radius 2 is 2.36 bits per heavy atom. The Balaban J connectivity index is 3.80. The van der Waals surface area contributed by atoms with E-state index in [1.165, 1.54) is 11.8 Å². The first kappa shape index (κ1) is 10.2. The maximum absolute atomic E-state index is 9.79. The molecule has 0 spiro atoms. The highest BCUT2D eigenvalue weighted by atomic mass is 32.2. The molecule has 0 amide bonds. The number of rotatable bonds is 5. The van der Waals surface area contributed by atoms with Crippen LogP contribution in [0.15, 0.2) is 40.3 Å². The van der Waals surface area contributed by atoms with Gasteiger partial charge in [0.15, 0.2) is 0 Å². The summed E-state index contributed by atoms with van der Waals surface area (Å²) in [5, 5.41) is 4.60. The fraction of sp³-hybridized carbons (Fsp3) is 0.250. The maximum Gasteiger partial charge on any atom is 0.103 e. The van der Waals surface area contributed by atoms with Gasteiger partial charge in [0.25, 0.3) is 0 Å². The van der Waals surface area contributed by atoms with Crippen LogP contribution < -0.4 is 0 Å². The molecule has 0 unspecified atom stereocenters. The van der Waals surface area contributed by atoms with Crippen LogP contribution in [0.4, 0.5) is 0 Å². The highest BCUT2D eigenvalue weighted by Gasteiger charge is 1.88. The molecule has 0 saturated carbocycles.